The lowest BCUT2D eigenvalue weighted by atomic mass is 9.92. The van der Waals surface area contributed by atoms with Gasteiger partial charge in [0.25, 0.3) is 5.91 Å². The second kappa shape index (κ2) is 8.83. The summed E-state index contributed by atoms with van der Waals surface area (Å²) in [5.41, 5.74) is 3.77. The van der Waals surface area contributed by atoms with Crippen LogP contribution in [0.4, 0.5) is 0 Å². The lowest BCUT2D eigenvalue weighted by Gasteiger charge is -2.34. The first-order valence-corrected chi connectivity index (χ1v) is 13.1. The van der Waals surface area contributed by atoms with Crippen LogP contribution in [0, 0.1) is 0 Å². The summed E-state index contributed by atoms with van der Waals surface area (Å²) in [6.07, 6.45) is 4.24. The van der Waals surface area contributed by atoms with Crippen LogP contribution in [-0.2, 0) is 22.9 Å². The first-order valence-electron chi connectivity index (χ1n) is 11.6. The summed E-state index contributed by atoms with van der Waals surface area (Å²) >= 11 is 0. The number of hydrogen-bond donors (Lipinski definition) is 1. The molecule has 5 rings (SSSR count). The number of sulfonamides is 1. The molecule has 0 bridgehead atoms. The number of aromatic nitrogens is 1. The third kappa shape index (κ3) is 4.25. The van der Waals surface area contributed by atoms with Crippen LogP contribution in [0.25, 0.3) is 10.9 Å². The first-order chi connectivity index (χ1) is 16.0. The molecule has 0 unspecified atom stereocenters. The minimum Gasteiger partial charge on any atom is -0.494 e. The zero-order valence-electron chi connectivity index (χ0n) is 18.8. The molecule has 0 atom stereocenters. The Bertz CT molecular complexity index is 1290. The number of nitrogens with zero attached hydrogens (tertiary/aromatic N) is 2. The summed E-state index contributed by atoms with van der Waals surface area (Å²) in [6.45, 7) is 3.82. The molecule has 1 aromatic heterocycles. The van der Waals surface area contributed by atoms with Gasteiger partial charge in [0.1, 0.15) is 11.4 Å². The Morgan fingerprint density at radius 3 is 2.48 bits per heavy atom. The van der Waals surface area contributed by atoms with E-state index in [4.69, 9.17) is 4.74 Å². The summed E-state index contributed by atoms with van der Waals surface area (Å²) in [4.78, 5) is 18.3. The third-order valence-corrected chi connectivity index (χ3v) is 8.51. The first kappa shape index (κ1) is 22.0. The number of rotatable bonds is 5. The minimum absolute atomic E-state index is 0.116. The lowest BCUT2D eigenvalue weighted by Crippen LogP contribution is -2.50. The van der Waals surface area contributed by atoms with Gasteiger partial charge in [-0.1, -0.05) is 6.07 Å². The fourth-order valence-corrected chi connectivity index (χ4v) is 6.27. The van der Waals surface area contributed by atoms with E-state index < -0.39 is 10.0 Å². The summed E-state index contributed by atoms with van der Waals surface area (Å²) in [5, 5.41) is 0.940. The molecule has 174 valence electrons. The molecule has 2 aromatic carbocycles. The van der Waals surface area contributed by atoms with Gasteiger partial charge in [0.15, 0.2) is 0 Å². The van der Waals surface area contributed by atoms with Crippen LogP contribution in [0.3, 0.4) is 0 Å². The monoisotopic (exact) mass is 467 g/mol. The van der Waals surface area contributed by atoms with E-state index in [2.05, 4.69) is 4.98 Å². The largest absolute Gasteiger partial charge is 0.494 e. The highest BCUT2D eigenvalue weighted by molar-refractivity contribution is 7.89. The fourth-order valence-electron chi connectivity index (χ4n) is 4.80. The molecule has 8 heteroatoms. The number of carbonyl (C=O) groups is 1. The summed E-state index contributed by atoms with van der Waals surface area (Å²) < 4.78 is 33.5. The standard InChI is InChI=1S/C25H29N3O4S/c1-2-32-21-9-7-20-16-24(26-23(20)17-21)25(29)27-11-13-28(14-12-27)33(30,31)22-10-8-18-5-3-4-6-19(18)15-22/h7-10,15-17,26H,2-6,11-14H2,1H3. The van der Waals surface area contributed by atoms with Crippen molar-refractivity contribution in [3.05, 3.63) is 59.3 Å². The number of nitrogens with one attached hydrogen (secondary N) is 1. The van der Waals surface area contributed by atoms with Crippen LogP contribution in [0.2, 0.25) is 0 Å². The van der Waals surface area contributed by atoms with Gasteiger partial charge in [0.05, 0.1) is 11.5 Å². The Morgan fingerprint density at radius 2 is 1.73 bits per heavy atom. The maximum absolute atomic E-state index is 13.2. The molecule has 7 nitrogen and oxygen atoms in total. The molecule has 0 saturated carbocycles. The topological polar surface area (TPSA) is 82.7 Å². The highest BCUT2D eigenvalue weighted by atomic mass is 32.2. The Hall–Kier alpha value is -2.84. The normalized spacial score (nSPS) is 17.2. The molecular formula is C25H29N3O4S. The summed E-state index contributed by atoms with van der Waals surface area (Å²) in [5.74, 6) is 0.641. The number of fused-ring (bicyclic) bond motifs is 2. The van der Waals surface area contributed by atoms with Crippen LogP contribution >= 0.6 is 0 Å². The smallest absolute Gasteiger partial charge is 0.270 e. The highest BCUT2D eigenvalue weighted by Crippen LogP contribution is 2.27. The molecule has 2 heterocycles. The quantitative estimate of drug-likeness (QED) is 0.622. The van der Waals surface area contributed by atoms with E-state index >= 15 is 0 Å². The van der Waals surface area contributed by atoms with E-state index in [1.807, 2.05) is 43.3 Å². The lowest BCUT2D eigenvalue weighted by molar-refractivity contribution is 0.0693. The SMILES string of the molecule is CCOc1ccc2cc(C(=O)N3CCN(S(=O)(=O)c4ccc5c(c4)CCCC5)CC3)[nH]c2c1. The highest BCUT2D eigenvalue weighted by Gasteiger charge is 2.31. The zero-order chi connectivity index (χ0) is 23.0. The molecule has 33 heavy (non-hydrogen) atoms. The van der Waals surface area contributed by atoms with E-state index in [-0.39, 0.29) is 5.91 Å². The number of benzene rings is 2. The van der Waals surface area contributed by atoms with Gasteiger partial charge < -0.3 is 14.6 Å². The molecule has 3 aromatic rings. The number of amides is 1. The Kier molecular flexibility index (Phi) is 5.88. The van der Waals surface area contributed by atoms with Crippen molar-refractivity contribution < 1.29 is 17.9 Å². The Labute approximate surface area is 194 Å². The maximum Gasteiger partial charge on any atom is 0.270 e. The average molecular weight is 468 g/mol. The molecule has 1 N–H and O–H groups in total. The van der Waals surface area contributed by atoms with Crippen LogP contribution in [0.15, 0.2) is 47.4 Å². The van der Waals surface area contributed by atoms with Crippen molar-refractivity contribution in [2.45, 2.75) is 37.5 Å². The molecule has 1 fully saturated rings. The van der Waals surface area contributed by atoms with E-state index in [1.165, 1.54) is 16.3 Å². The molecule has 0 spiro atoms. The van der Waals surface area contributed by atoms with Crippen LogP contribution in [0.5, 0.6) is 5.75 Å². The van der Waals surface area contributed by atoms with Crippen molar-refractivity contribution in [1.29, 1.82) is 0 Å². The van der Waals surface area contributed by atoms with E-state index in [9.17, 15) is 13.2 Å². The van der Waals surface area contributed by atoms with Crippen molar-refractivity contribution in [3.8, 4) is 5.75 Å². The number of hydrogen-bond acceptors (Lipinski definition) is 4. The maximum atomic E-state index is 13.2. The second-order valence-electron chi connectivity index (χ2n) is 8.70. The number of ether oxygens (including phenoxy) is 1. The van der Waals surface area contributed by atoms with Crippen molar-refractivity contribution >= 4 is 26.8 Å². The Morgan fingerprint density at radius 1 is 0.970 bits per heavy atom. The van der Waals surface area contributed by atoms with E-state index in [1.54, 1.807) is 11.0 Å². The fraction of sp³-hybridized carbons (Fsp3) is 0.400. The number of carbonyl (C=O) groups excluding carboxylic acids is 1. The number of aromatic amines is 1. The molecular weight excluding hydrogens is 438 g/mol. The number of piperazine rings is 1. The molecule has 1 amide bonds. The van der Waals surface area contributed by atoms with Crippen LogP contribution in [-0.4, -0.2) is 61.3 Å². The molecule has 1 aliphatic carbocycles. The van der Waals surface area contributed by atoms with Crippen LogP contribution < -0.4 is 4.74 Å². The Balaban J connectivity index is 1.27. The zero-order valence-corrected chi connectivity index (χ0v) is 19.7. The van der Waals surface area contributed by atoms with Gasteiger partial charge in [-0.25, -0.2) is 8.42 Å². The van der Waals surface area contributed by atoms with Gasteiger partial charge >= 0.3 is 0 Å². The predicted octanol–water partition coefficient (Wildman–Crippen LogP) is 3.59. The van der Waals surface area contributed by atoms with Gasteiger partial charge in [-0.05, 0) is 74.1 Å². The number of aryl methyl sites for hydroxylation is 2. The van der Waals surface area contributed by atoms with Crippen molar-refractivity contribution in [1.82, 2.24) is 14.2 Å². The summed E-state index contributed by atoms with van der Waals surface area (Å²) in [7, 11) is -3.57. The van der Waals surface area contributed by atoms with Crippen molar-refractivity contribution in [2.24, 2.45) is 0 Å². The van der Waals surface area contributed by atoms with Crippen molar-refractivity contribution in [3.63, 3.8) is 0 Å². The predicted molar refractivity (Wildman–Crippen MR) is 127 cm³/mol. The van der Waals surface area contributed by atoms with Gasteiger partial charge in [0.2, 0.25) is 10.0 Å². The molecule has 1 aliphatic heterocycles. The van der Waals surface area contributed by atoms with Gasteiger partial charge in [-0.2, -0.15) is 4.31 Å². The van der Waals surface area contributed by atoms with Crippen LogP contribution in [0.1, 0.15) is 41.4 Å². The summed E-state index contributed by atoms with van der Waals surface area (Å²) in [6, 6.07) is 13.1. The van der Waals surface area contributed by atoms with Gasteiger partial charge in [0, 0.05) is 43.1 Å². The second-order valence-corrected chi connectivity index (χ2v) is 10.6. The van der Waals surface area contributed by atoms with E-state index in [0.29, 0.717) is 43.4 Å². The third-order valence-electron chi connectivity index (χ3n) is 6.62. The molecule has 1 saturated heterocycles. The van der Waals surface area contributed by atoms with E-state index in [0.717, 1.165) is 41.5 Å². The van der Waals surface area contributed by atoms with Gasteiger partial charge in [-0.15, -0.1) is 0 Å². The van der Waals surface area contributed by atoms with Gasteiger partial charge in [-0.3, -0.25) is 4.79 Å². The minimum atomic E-state index is -3.57. The number of H-pyrrole nitrogens is 1. The molecule has 0 radical (unpaired) electrons. The average Bonchev–Trinajstić information content (AvgIpc) is 3.27. The molecule has 2 aliphatic rings. The van der Waals surface area contributed by atoms with Crippen molar-refractivity contribution in [2.75, 3.05) is 32.8 Å².